The van der Waals surface area contributed by atoms with Gasteiger partial charge in [-0.1, -0.05) is 30.8 Å². The molecule has 1 heterocycles. The number of nitrogens with one attached hydrogen (secondary N) is 2. The van der Waals surface area contributed by atoms with Gasteiger partial charge in [0.2, 0.25) is 0 Å². The summed E-state index contributed by atoms with van der Waals surface area (Å²) >= 11 is 1.68. The highest BCUT2D eigenvalue weighted by atomic mass is 32.2. The summed E-state index contributed by atoms with van der Waals surface area (Å²) in [4.78, 5) is 0. The van der Waals surface area contributed by atoms with Crippen LogP contribution in [0.2, 0.25) is 0 Å². The van der Waals surface area contributed by atoms with Crippen LogP contribution in [-0.4, -0.2) is 17.1 Å². The zero-order valence-electron chi connectivity index (χ0n) is 7.79. The van der Waals surface area contributed by atoms with Crippen molar-refractivity contribution in [3.8, 4) is 0 Å². The Morgan fingerprint density at radius 2 is 2.62 bits per heavy atom. The Labute approximate surface area is 83.4 Å². The first-order chi connectivity index (χ1) is 6.36. The average Bonchev–Trinajstić information content (AvgIpc) is 2.59. The summed E-state index contributed by atoms with van der Waals surface area (Å²) in [6, 6.07) is 0. The molecule has 0 radical (unpaired) electrons. The molecule has 1 aliphatic heterocycles. The van der Waals surface area contributed by atoms with Gasteiger partial charge in [-0.2, -0.15) is 5.10 Å². The number of rotatable bonds is 5. The smallest absolute Gasteiger partial charge is 0.147 e. The molecule has 0 aliphatic carbocycles. The molecular weight excluding hydrogens is 182 g/mol. The second-order valence-corrected chi connectivity index (χ2v) is 3.71. The van der Waals surface area contributed by atoms with Crippen LogP contribution in [0.5, 0.6) is 0 Å². The van der Waals surface area contributed by atoms with E-state index in [-0.39, 0.29) is 5.50 Å². The van der Waals surface area contributed by atoms with Crippen molar-refractivity contribution < 1.29 is 0 Å². The van der Waals surface area contributed by atoms with E-state index in [1.54, 1.807) is 11.8 Å². The maximum Gasteiger partial charge on any atom is 0.147 e. The molecule has 0 aromatic rings. The zero-order chi connectivity index (χ0) is 9.52. The molecule has 3 nitrogen and oxygen atoms in total. The van der Waals surface area contributed by atoms with Crippen LogP contribution in [0.15, 0.2) is 29.9 Å². The third-order valence-corrected chi connectivity index (χ3v) is 2.45. The minimum Gasteiger partial charge on any atom is -0.284 e. The lowest BCUT2D eigenvalue weighted by Crippen LogP contribution is -2.33. The molecule has 4 heteroatoms. The van der Waals surface area contributed by atoms with E-state index < -0.39 is 0 Å². The molecule has 1 atom stereocenters. The Bertz CT molecular complexity index is 223. The van der Waals surface area contributed by atoms with Crippen molar-refractivity contribution in [1.82, 2.24) is 10.7 Å². The van der Waals surface area contributed by atoms with Gasteiger partial charge in [-0.3, -0.25) is 10.7 Å². The summed E-state index contributed by atoms with van der Waals surface area (Å²) in [6.07, 6.45) is 7.02. The van der Waals surface area contributed by atoms with Crippen molar-refractivity contribution in [1.29, 1.82) is 0 Å². The van der Waals surface area contributed by atoms with Crippen LogP contribution >= 0.6 is 11.8 Å². The van der Waals surface area contributed by atoms with Crippen molar-refractivity contribution in [2.24, 2.45) is 5.10 Å². The molecule has 1 rings (SSSR count). The van der Waals surface area contributed by atoms with E-state index in [0.717, 1.165) is 18.0 Å². The van der Waals surface area contributed by atoms with Crippen molar-refractivity contribution >= 4 is 16.8 Å². The fourth-order valence-corrected chi connectivity index (χ4v) is 1.68. The number of hydrazone groups is 1. The molecule has 0 saturated carbocycles. The lowest BCUT2D eigenvalue weighted by atomic mass is 10.4. The highest BCUT2D eigenvalue weighted by Gasteiger charge is 2.15. The molecule has 0 saturated heterocycles. The minimum atomic E-state index is 0.189. The number of allylic oxidation sites excluding steroid dienone is 1. The zero-order valence-corrected chi connectivity index (χ0v) is 8.60. The quantitative estimate of drug-likeness (QED) is 0.658. The van der Waals surface area contributed by atoms with E-state index in [9.17, 15) is 0 Å². The normalized spacial score (nSPS) is 21.6. The summed E-state index contributed by atoms with van der Waals surface area (Å²) in [7, 11) is 0. The van der Waals surface area contributed by atoms with Crippen LogP contribution in [-0.2, 0) is 0 Å². The molecule has 2 N–H and O–H groups in total. The van der Waals surface area contributed by atoms with Gasteiger partial charge < -0.3 is 0 Å². The van der Waals surface area contributed by atoms with Crippen LogP contribution in [0, 0.1) is 0 Å². The van der Waals surface area contributed by atoms with Crippen molar-refractivity contribution in [2.75, 3.05) is 6.54 Å². The fourth-order valence-electron chi connectivity index (χ4n) is 0.869. The van der Waals surface area contributed by atoms with Crippen LogP contribution in [0.1, 0.15) is 13.3 Å². The van der Waals surface area contributed by atoms with Gasteiger partial charge in [0.05, 0.1) is 0 Å². The van der Waals surface area contributed by atoms with Crippen LogP contribution in [0.4, 0.5) is 0 Å². The molecule has 72 valence electrons. The number of hydrogen-bond donors (Lipinski definition) is 2. The molecule has 0 bridgehead atoms. The first-order valence-electron chi connectivity index (χ1n) is 4.37. The van der Waals surface area contributed by atoms with Crippen molar-refractivity contribution in [3.05, 3.63) is 24.8 Å². The predicted molar refractivity (Wildman–Crippen MR) is 59.6 cm³/mol. The van der Waals surface area contributed by atoms with Gasteiger partial charge in [-0.05, 0) is 12.5 Å². The molecule has 0 aromatic heterocycles. The van der Waals surface area contributed by atoms with E-state index in [1.165, 1.54) is 0 Å². The molecule has 0 aromatic carbocycles. The maximum absolute atomic E-state index is 4.15. The molecule has 0 fully saturated rings. The molecule has 0 spiro atoms. The lowest BCUT2D eigenvalue weighted by molar-refractivity contribution is 0.604. The average molecular weight is 197 g/mol. The van der Waals surface area contributed by atoms with E-state index in [4.69, 9.17) is 0 Å². The summed E-state index contributed by atoms with van der Waals surface area (Å²) in [6.45, 7) is 6.54. The summed E-state index contributed by atoms with van der Waals surface area (Å²) in [5.74, 6) is 0. The van der Waals surface area contributed by atoms with Crippen LogP contribution in [0.25, 0.3) is 0 Å². The Balaban J connectivity index is 2.25. The third kappa shape index (κ3) is 3.65. The Morgan fingerprint density at radius 3 is 3.31 bits per heavy atom. The number of thioether (sulfide) groups is 1. The Hall–Kier alpha value is -0.740. The van der Waals surface area contributed by atoms with Crippen molar-refractivity contribution in [2.45, 2.75) is 18.8 Å². The second kappa shape index (κ2) is 5.83. The molecule has 0 amide bonds. The first kappa shape index (κ1) is 10.3. The Kier molecular flexibility index (Phi) is 4.64. The summed E-state index contributed by atoms with van der Waals surface area (Å²) in [5, 5.41) is 8.41. The Morgan fingerprint density at radius 1 is 1.77 bits per heavy atom. The van der Waals surface area contributed by atoms with E-state index in [2.05, 4.69) is 35.4 Å². The van der Waals surface area contributed by atoms with E-state index >= 15 is 0 Å². The number of hydrogen-bond acceptors (Lipinski definition) is 4. The monoisotopic (exact) mass is 197 g/mol. The van der Waals surface area contributed by atoms with Gasteiger partial charge in [0.1, 0.15) is 10.5 Å². The third-order valence-electron chi connectivity index (χ3n) is 1.47. The van der Waals surface area contributed by atoms with Gasteiger partial charge in [0.25, 0.3) is 0 Å². The second-order valence-electron chi connectivity index (χ2n) is 2.58. The summed E-state index contributed by atoms with van der Waals surface area (Å²) in [5.41, 5.74) is 3.18. The van der Waals surface area contributed by atoms with Gasteiger partial charge in [0.15, 0.2) is 0 Å². The maximum atomic E-state index is 4.15. The largest absolute Gasteiger partial charge is 0.284 e. The summed E-state index contributed by atoms with van der Waals surface area (Å²) < 4.78 is 0. The van der Waals surface area contributed by atoms with Gasteiger partial charge >= 0.3 is 0 Å². The van der Waals surface area contributed by atoms with Crippen LogP contribution in [0.3, 0.4) is 0 Å². The number of nitrogens with zero attached hydrogens (tertiary/aromatic N) is 1. The standard InChI is InChI=1S/C9H15N3S/c1-3-5-6-8-11-12-9(13-8)10-7-4-2/h4-6,9-10,12H,2-3,7H2,1H3/b6-5+. The van der Waals surface area contributed by atoms with Crippen LogP contribution < -0.4 is 10.7 Å². The molecular formula is C9H15N3S. The van der Waals surface area contributed by atoms with Gasteiger partial charge in [-0.25, -0.2) is 0 Å². The predicted octanol–water partition coefficient (Wildman–Crippen LogP) is 1.66. The lowest BCUT2D eigenvalue weighted by Gasteiger charge is -2.08. The fraction of sp³-hybridized carbons (Fsp3) is 0.444. The minimum absolute atomic E-state index is 0.189. The molecule has 1 aliphatic rings. The van der Waals surface area contributed by atoms with E-state index in [0.29, 0.717) is 0 Å². The highest BCUT2D eigenvalue weighted by molar-refractivity contribution is 8.15. The molecule has 1 unspecified atom stereocenters. The van der Waals surface area contributed by atoms with E-state index in [1.807, 2.05) is 12.2 Å². The van der Waals surface area contributed by atoms with Crippen molar-refractivity contribution in [3.63, 3.8) is 0 Å². The topological polar surface area (TPSA) is 36.4 Å². The van der Waals surface area contributed by atoms with Gasteiger partial charge in [-0.15, -0.1) is 6.58 Å². The first-order valence-corrected chi connectivity index (χ1v) is 5.25. The SMILES string of the molecule is C=CCNC1NN=C(/C=C/CC)S1. The van der Waals surface area contributed by atoms with Gasteiger partial charge in [0, 0.05) is 6.54 Å². The molecule has 13 heavy (non-hydrogen) atoms. The highest BCUT2D eigenvalue weighted by Crippen LogP contribution is 2.15.